The first-order valence-electron chi connectivity index (χ1n) is 4.44. The van der Waals surface area contributed by atoms with Crippen molar-refractivity contribution in [3.05, 3.63) is 23.9 Å². The van der Waals surface area contributed by atoms with E-state index in [1.165, 1.54) is 5.56 Å². The summed E-state index contributed by atoms with van der Waals surface area (Å²) in [5, 5.41) is 3.24. The van der Waals surface area contributed by atoms with Crippen molar-refractivity contribution in [2.75, 3.05) is 5.32 Å². The van der Waals surface area contributed by atoms with Crippen LogP contribution in [0, 0.1) is 0 Å². The first kappa shape index (κ1) is 9.04. The number of rotatable bonds is 3. The van der Waals surface area contributed by atoms with Crippen LogP contribution in [0.25, 0.3) is 0 Å². The summed E-state index contributed by atoms with van der Waals surface area (Å²) in [6, 6.07) is 4.58. The number of aromatic nitrogens is 1. The van der Waals surface area contributed by atoms with E-state index in [1.807, 2.05) is 12.3 Å². The lowest BCUT2D eigenvalue weighted by molar-refractivity contribution is 0.887. The van der Waals surface area contributed by atoms with E-state index >= 15 is 0 Å². The molecule has 0 radical (unpaired) electrons. The maximum atomic E-state index is 4.28. The highest BCUT2D eigenvalue weighted by Gasteiger charge is 1.95. The Balaban J connectivity index is 2.65. The highest BCUT2D eigenvalue weighted by molar-refractivity contribution is 5.36. The fraction of sp³-hybridized carbons (Fsp3) is 0.500. The van der Waals surface area contributed by atoms with Crippen LogP contribution in [0.4, 0.5) is 5.82 Å². The van der Waals surface area contributed by atoms with Crippen molar-refractivity contribution >= 4 is 5.82 Å². The summed E-state index contributed by atoms with van der Waals surface area (Å²) in [5.41, 5.74) is 1.28. The van der Waals surface area contributed by atoms with Crippen molar-refractivity contribution in [2.45, 2.75) is 33.2 Å². The number of nitrogens with zero attached hydrogens (tertiary/aromatic N) is 1. The fourth-order valence-electron chi connectivity index (χ4n) is 1.01. The van der Waals surface area contributed by atoms with Gasteiger partial charge in [-0.05, 0) is 31.9 Å². The van der Waals surface area contributed by atoms with E-state index in [0.717, 1.165) is 12.2 Å². The fourth-order valence-corrected chi connectivity index (χ4v) is 1.01. The van der Waals surface area contributed by atoms with Crippen LogP contribution in [0.5, 0.6) is 0 Å². The van der Waals surface area contributed by atoms with E-state index in [9.17, 15) is 0 Å². The molecule has 0 fully saturated rings. The first-order chi connectivity index (χ1) is 5.72. The SMILES string of the molecule is CCc1ccc(NC(C)C)nc1. The van der Waals surface area contributed by atoms with Crippen LogP contribution in [0.3, 0.4) is 0 Å². The van der Waals surface area contributed by atoms with Gasteiger partial charge >= 0.3 is 0 Å². The minimum Gasteiger partial charge on any atom is -0.368 e. The van der Waals surface area contributed by atoms with Gasteiger partial charge in [0.1, 0.15) is 5.82 Å². The Labute approximate surface area is 74.0 Å². The van der Waals surface area contributed by atoms with Crippen molar-refractivity contribution in [1.29, 1.82) is 0 Å². The molecule has 1 aromatic rings. The Kier molecular flexibility index (Phi) is 3.09. The molecule has 1 rings (SSSR count). The molecule has 66 valence electrons. The Morgan fingerprint density at radius 1 is 1.42 bits per heavy atom. The van der Waals surface area contributed by atoms with Crippen molar-refractivity contribution < 1.29 is 0 Å². The van der Waals surface area contributed by atoms with Gasteiger partial charge in [0.05, 0.1) is 0 Å². The van der Waals surface area contributed by atoms with Crippen molar-refractivity contribution in [3.63, 3.8) is 0 Å². The van der Waals surface area contributed by atoms with Gasteiger partial charge < -0.3 is 5.32 Å². The molecule has 12 heavy (non-hydrogen) atoms. The molecule has 0 spiro atoms. The van der Waals surface area contributed by atoms with Gasteiger partial charge in [0.25, 0.3) is 0 Å². The number of pyridine rings is 1. The number of hydrogen-bond donors (Lipinski definition) is 1. The van der Waals surface area contributed by atoms with E-state index in [4.69, 9.17) is 0 Å². The van der Waals surface area contributed by atoms with Crippen LogP contribution in [-0.2, 0) is 6.42 Å². The molecule has 0 atom stereocenters. The molecular formula is C10H16N2. The third-order valence-electron chi connectivity index (χ3n) is 1.67. The highest BCUT2D eigenvalue weighted by atomic mass is 15.0. The summed E-state index contributed by atoms with van der Waals surface area (Å²) in [4.78, 5) is 4.28. The average molecular weight is 164 g/mol. The predicted molar refractivity (Wildman–Crippen MR) is 52.4 cm³/mol. The van der Waals surface area contributed by atoms with Gasteiger partial charge in [0, 0.05) is 12.2 Å². The second-order valence-corrected chi connectivity index (χ2v) is 3.20. The minimum atomic E-state index is 0.449. The Bertz CT molecular complexity index is 226. The number of nitrogens with one attached hydrogen (secondary N) is 1. The molecule has 0 unspecified atom stereocenters. The lowest BCUT2D eigenvalue weighted by atomic mass is 10.2. The lowest BCUT2D eigenvalue weighted by Crippen LogP contribution is -2.10. The number of hydrogen-bond acceptors (Lipinski definition) is 2. The highest BCUT2D eigenvalue weighted by Crippen LogP contribution is 2.06. The van der Waals surface area contributed by atoms with Gasteiger partial charge in [0.15, 0.2) is 0 Å². The zero-order valence-corrected chi connectivity index (χ0v) is 7.96. The van der Waals surface area contributed by atoms with Gasteiger partial charge in [-0.25, -0.2) is 4.98 Å². The number of aryl methyl sites for hydroxylation is 1. The van der Waals surface area contributed by atoms with Gasteiger partial charge in [0.2, 0.25) is 0 Å². The molecule has 1 heterocycles. The van der Waals surface area contributed by atoms with Gasteiger partial charge in [-0.15, -0.1) is 0 Å². The third kappa shape index (κ3) is 2.53. The first-order valence-corrected chi connectivity index (χ1v) is 4.44. The van der Waals surface area contributed by atoms with Crippen molar-refractivity contribution in [3.8, 4) is 0 Å². The standard InChI is InChI=1S/C10H16N2/c1-4-9-5-6-10(11-7-9)12-8(2)3/h5-8H,4H2,1-3H3,(H,11,12). The van der Waals surface area contributed by atoms with Crippen molar-refractivity contribution in [2.24, 2.45) is 0 Å². The molecule has 2 nitrogen and oxygen atoms in total. The third-order valence-corrected chi connectivity index (χ3v) is 1.67. The molecular weight excluding hydrogens is 148 g/mol. The summed E-state index contributed by atoms with van der Waals surface area (Å²) in [6.45, 7) is 6.34. The zero-order valence-electron chi connectivity index (χ0n) is 7.96. The summed E-state index contributed by atoms with van der Waals surface area (Å²) in [5.74, 6) is 0.960. The summed E-state index contributed by atoms with van der Waals surface area (Å²) < 4.78 is 0. The van der Waals surface area contributed by atoms with E-state index in [2.05, 4.69) is 37.1 Å². The van der Waals surface area contributed by atoms with E-state index < -0.39 is 0 Å². The maximum Gasteiger partial charge on any atom is 0.126 e. The summed E-state index contributed by atoms with van der Waals surface area (Å²) >= 11 is 0. The largest absolute Gasteiger partial charge is 0.368 e. The summed E-state index contributed by atoms with van der Waals surface area (Å²) in [6.07, 6.45) is 2.97. The van der Waals surface area contributed by atoms with Crippen LogP contribution in [-0.4, -0.2) is 11.0 Å². The van der Waals surface area contributed by atoms with Gasteiger partial charge in [-0.1, -0.05) is 13.0 Å². The molecule has 0 aliphatic heterocycles. The minimum absolute atomic E-state index is 0.449. The molecule has 0 amide bonds. The second kappa shape index (κ2) is 4.10. The predicted octanol–water partition coefficient (Wildman–Crippen LogP) is 2.46. The normalized spacial score (nSPS) is 10.3. The van der Waals surface area contributed by atoms with Crippen LogP contribution < -0.4 is 5.32 Å². The topological polar surface area (TPSA) is 24.9 Å². The molecule has 0 aromatic carbocycles. The average Bonchev–Trinajstić information content (AvgIpc) is 2.05. The Hall–Kier alpha value is -1.05. The lowest BCUT2D eigenvalue weighted by Gasteiger charge is -2.08. The van der Waals surface area contributed by atoms with Crippen molar-refractivity contribution in [1.82, 2.24) is 4.98 Å². The van der Waals surface area contributed by atoms with E-state index in [0.29, 0.717) is 6.04 Å². The van der Waals surface area contributed by atoms with Gasteiger partial charge in [-0.3, -0.25) is 0 Å². The molecule has 1 aromatic heterocycles. The summed E-state index contributed by atoms with van der Waals surface area (Å²) in [7, 11) is 0. The molecule has 0 saturated heterocycles. The molecule has 2 heteroatoms. The molecule has 0 bridgehead atoms. The molecule has 0 saturated carbocycles. The monoisotopic (exact) mass is 164 g/mol. The molecule has 1 N–H and O–H groups in total. The van der Waals surface area contributed by atoms with Crippen LogP contribution in [0.15, 0.2) is 18.3 Å². The van der Waals surface area contributed by atoms with E-state index in [1.54, 1.807) is 0 Å². The second-order valence-electron chi connectivity index (χ2n) is 3.20. The quantitative estimate of drug-likeness (QED) is 0.742. The Morgan fingerprint density at radius 2 is 2.17 bits per heavy atom. The van der Waals surface area contributed by atoms with Crippen LogP contribution >= 0.6 is 0 Å². The maximum absolute atomic E-state index is 4.28. The number of anilines is 1. The molecule has 0 aliphatic rings. The Morgan fingerprint density at radius 3 is 2.58 bits per heavy atom. The van der Waals surface area contributed by atoms with E-state index in [-0.39, 0.29) is 0 Å². The smallest absolute Gasteiger partial charge is 0.126 e. The molecule has 0 aliphatic carbocycles. The van der Waals surface area contributed by atoms with Crippen LogP contribution in [0.1, 0.15) is 26.3 Å². The zero-order chi connectivity index (χ0) is 8.97. The van der Waals surface area contributed by atoms with Gasteiger partial charge in [-0.2, -0.15) is 0 Å². The van der Waals surface area contributed by atoms with Crippen LogP contribution in [0.2, 0.25) is 0 Å².